The monoisotopic (exact) mass is 530 g/mol. The van der Waals surface area contributed by atoms with E-state index < -0.39 is 38.7 Å². The van der Waals surface area contributed by atoms with Gasteiger partial charge in [0.05, 0.1) is 11.5 Å². The lowest BCUT2D eigenvalue weighted by Gasteiger charge is -2.46. The van der Waals surface area contributed by atoms with Gasteiger partial charge in [0, 0.05) is 30.1 Å². The van der Waals surface area contributed by atoms with E-state index in [9.17, 15) is 13.5 Å². The maximum absolute atomic E-state index is 15.6. The van der Waals surface area contributed by atoms with Gasteiger partial charge in [0.2, 0.25) is 15.9 Å². The Morgan fingerprint density at radius 2 is 1.95 bits per heavy atom. The molecule has 1 saturated heterocycles. The van der Waals surface area contributed by atoms with Gasteiger partial charge in [0.25, 0.3) is 6.41 Å². The van der Waals surface area contributed by atoms with Crippen molar-refractivity contribution in [2.75, 3.05) is 0 Å². The molecule has 0 spiro atoms. The fraction of sp³-hybridized carbons (Fsp3) is 0.462. The third kappa shape index (κ3) is 4.47. The molecule has 2 aromatic carbocycles. The predicted octanol–water partition coefficient (Wildman–Crippen LogP) is 3.79. The van der Waals surface area contributed by atoms with E-state index in [0.717, 1.165) is 12.1 Å². The molecule has 11 heteroatoms. The summed E-state index contributed by atoms with van der Waals surface area (Å²) < 4.78 is 64.7. The van der Waals surface area contributed by atoms with E-state index in [1.54, 1.807) is 31.2 Å². The summed E-state index contributed by atoms with van der Waals surface area (Å²) in [6, 6.07) is 12.7. The van der Waals surface area contributed by atoms with Crippen LogP contribution in [0.25, 0.3) is 0 Å². The van der Waals surface area contributed by atoms with Gasteiger partial charge in [-0.3, -0.25) is 0 Å². The van der Waals surface area contributed by atoms with Crippen LogP contribution in [0.3, 0.4) is 0 Å². The van der Waals surface area contributed by atoms with Crippen molar-refractivity contribution < 1.29 is 27.0 Å². The molecule has 0 aromatic heterocycles. The fourth-order valence-electron chi connectivity index (χ4n) is 5.80. The molecule has 1 unspecified atom stereocenters. The zero-order chi connectivity index (χ0) is 26.4. The Hall–Kier alpha value is -3.07. The number of aliphatic hydroxyl groups is 1. The van der Waals surface area contributed by atoms with Crippen molar-refractivity contribution in [2.45, 2.75) is 68.7 Å². The van der Waals surface area contributed by atoms with Crippen LogP contribution < -0.4 is 5.43 Å². The molecule has 0 amide bonds. The molecule has 0 radical (unpaired) electrons. The van der Waals surface area contributed by atoms with E-state index in [4.69, 9.17) is 10.00 Å². The normalized spacial score (nSPS) is 30.9. The number of benzene rings is 2. The van der Waals surface area contributed by atoms with E-state index in [1.807, 2.05) is 6.07 Å². The zero-order valence-electron chi connectivity index (χ0n) is 20.3. The summed E-state index contributed by atoms with van der Waals surface area (Å²) in [5, 5.41) is 22.0. The number of hydrazone groups is 1. The Bertz CT molecular complexity index is 1360. The van der Waals surface area contributed by atoms with Crippen molar-refractivity contribution in [3.63, 3.8) is 0 Å². The second-order valence-electron chi connectivity index (χ2n) is 10.1. The number of nitrogens with one attached hydrogen (secondary N) is 1. The highest BCUT2D eigenvalue weighted by molar-refractivity contribution is 7.89. The number of nitrogens with zero attached hydrogens (tertiary/aromatic N) is 3. The van der Waals surface area contributed by atoms with Gasteiger partial charge in [-0.2, -0.15) is 9.57 Å². The average molecular weight is 531 g/mol. The maximum atomic E-state index is 15.6. The molecule has 1 saturated carbocycles. The van der Waals surface area contributed by atoms with Gasteiger partial charge in [-0.15, -0.1) is 5.10 Å². The number of ether oxygens (including phenoxy) is 1. The van der Waals surface area contributed by atoms with Crippen molar-refractivity contribution in [1.82, 2.24) is 9.73 Å². The number of hydrogen-bond acceptors (Lipinski definition) is 7. The summed E-state index contributed by atoms with van der Waals surface area (Å²) in [6.07, 6.45) is 0.517. The predicted molar refractivity (Wildman–Crippen MR) is 131 cm³/mol. The largest absolute Gasteiger partial charge is 0.430 e. The van der Waals surface area contributed by atoms with Gasteiger partial charge in [-0.05, 0) is 56.2 Å². The first-order valence-electron chi connectivity index (χ1n) is 12.2. The summed E-state index contributed by atoms with van der Waals surface area (Å²) in [4.78, 5) is 0. The number of rotatable bonds is 6. The second-order valence-corrected chi connectivity index (χ2v) is 12.1. The summed E-state index contributed by atoms with van der Waals surface area (Å²) in [5.41, 5.74) is 1.85. The van der Waals surface area contributed by atoms with Crippen LogP contribution in [0.15, 0.2) is 47.6 Å². The number of nitriles is 1. The molecule has 2 aromatic rings. The van der Waals surface area contributed by atoms with E-state index in [1.165, 1.54) is 4.31 Å². The smallest absolute Gasteiger partial charge is 0.295 e. The molecule has 0 bridgehead atoms. The quantitative estimate of drug-likeness (QED) is 0.587. The van der Waals surface area contributed by atoms with Crippen molar-refractivity contribution in [3.8, 4) is 6.07 Å². The molecule has 3 aliphatic rings. The van der Waals surface area contributed by atoms with Crippen LogP contribution in [0.4, 0.5) is 8.78 Å². The Morgan fingerprint density at radius 1 is 1.22 bits per heavy atom. The van der Waals surface area contributed by atoms with E-state index in [2.05, 4.69) is 16.6 Å². The lowest BCUT2D eigenvalue weighted by Crippen LogP contribution is -2.49. The van der Waals surface area contributed by atoms with Crippen LogP contribution in [-0.4, -0.2) is 36.2 Å². The third-order valence-electron chi connectivity index (χ3n) is 7.74. The van der Waals surface area contributed by atoms with Crippen LogP contribution in [0.5, 0.6) is 0 Å². The first-order chi connectivity index (χ1) is 17.7. The van der Waals surface area contributed by atoms with Crippen LogP contribution >= 0.6 is 0 Å². The number of aliphatic hydroxyl groups excluding tert-OH is 1. The lowest BCUT2D eigenvalue weighted by atomic mass is 9.57. The van der Waals surface area contributed by atoms with Crippen LogP contribution in [0, 0.1) is 28.9 Å². The number of hydrogen-bond donors (Lipinski definition) is 2. The van der Waals surface area contributed by atoms with Gasteiger partial charge in [-0.25, -0.2) is 22.6 Å². The highest BCUT2D eigenvalue weighted by Gasteiger charge is 2.54. The summed E-state index contributed by atoms with van der Waals surface area (Å²) in [5.74, 6) is -1.47. The fourth-order valence-corrected chi connectivity index (χ4v) is 7.98. The van der Waals surface area contributed by atoms with Gasteiger partial charge >= 0.3 is 0 Å². The minimum absolute atomic E-state index is 0.00861. The minimum atomic E-state index is -3.82. The van der Waals surface area contributed by atoms with Crippen LogP contribution in [0.1, 0.15) is 61.0 Å². The number of sulfonamides is 1. The molecule has 37 heavy (non-hydrogen) atoms. The molecular weight excluding hydrogens is 502 g/mol. The first-order valence-corrected chi connectivity index (χ1v) is 13.8. The number of halogens is 2. The van der Waals surface area contributed by atoms with Gasteiger partial charge in [0.15, 0.2) is 0 Å². The van der Waals surface area contributed by atoms with Crippen LogP contribution in [-0.2, 0) is 26.7 Å². The van der Waals surface area contributed by atoms with Crippen molar-refractivity contribution in [1.29, 1.82) is 5.26 Å². The molecule has 1 aliphatic carbocycles. The molecule has 5 rings (SSSR count). The average Bonchev–Trinajstić information content (AvgIpc) is 3.27. The van der Waals surface area contributed by atoms with E-state index >= 15 is 8.78 Å². The SMILES string of the molecule is C[C@H]1CC[C@H](c2ccccc2)S(=O)(=O)N1Cc1cc(F)c(C2(C3=NNC(O)O3)CC(CC#N)C2)cc1F. The lowest BCUT2D eigenvalue weighted by molar-refractivity contribution is -0.0418. The molecule has 2 aliphatic heterocycles. The van der Waals surface area contributed by atoms with Crippen LogP contribution in [0.2, 0.25) is 0 Å². The Labute approximate surface area is 214 Å². The van der Waals surface area contributed by atoms with Gasteiger partial charge in [-0.1, -0.05) is 30.3 Å². The highest BCUT2D eigenvalue weighted by atomic mass is 32.2. The molecule has 3 atom stereocenters. The van der Waals surface area contributed by atoms with Crippen molar-refractivity contribution in [2.24, 2.45) is 11.0 Å². The van der Waals surface area contributed by atoms with Gasteiger partial charge < -0.3 is 9.84 Å². The minimum Gasteiger partial charge on any atom is -0.430 e. The first kappa shape index (κ1) is 25.6. The maximum Gasteiger partial charge on any atom is 0.295 e. The van der Waals surface area contributed by atoms with Crippen molar-refractivity contribution >= 4 is 15.9 Å². The molecular formula is C26H28F2N4O4S. The molecule has 196 valence electrons. The molecule has 2 N–H and O–H groups in total. The Kier molecular flexibility index (Phi) is 6.68. The summed E-state index contributed by atoms with van der Waals surface area (Å²) >= 11 is 0. The summed E-state index contributed by atoms with van der Waals surface area (Å²) in [7, 11) is -3.82. The Balaban J connectivity index is 1.45. The van der Waals surface area contributed by atoms with Gasteiger partial charge in [0.1, 0.15) is 16.9 Å². The zero-order valence-corrected chi connectivity index (χ0v) is 21.1. The van der Waals surface area contributed by atoms with E-state index in [0.29, 0.717) is 31.2 Å². The molecule has 2 heterocycles. The van der Waals surface area contributed by atoms with Crippen molar-refractivity contribution in [3.05, 3.63) is 70.8 Å². The highest BCUT2D eigenvalue weighted by Crippen LogP contribution is 2.52. The molecule has 8 nitrogen and oxygen atoms in total. The molecule has 2 fully saturated rings. The topological polar surface area (TPSA) is 115 Å². The third-order valence-corrected chi connectivity index (χ3v) is 10.1. The second kappa shape index (κ2) is 9.67. The van der Waals surface area contributed by atoms with E-state index in [-0.39, 0.29) is 41.9 Å². The standard InChI is InChI=1S/C26H28F2N4O4S/c1-16-7-8-23(18-5-3-2-4-6-18)37(34,35)32(16)15-19-11-22(28)20(12-21(19)27)26(13-17(14-26)9-10-29)24-30-31-25(33)36-24/h2-6,11-12,16-17,23,25,31,33H,7-9,13-15H2,1H3/t16-,17?,23+,25?,26?/m0/s1. The summed E-state index contributed by atoms with van der Waals surface area (Å²) in [6.45, 7) is 1.48. The Morgan fingerprint density at radius 3 is 2.59 bits per heavy atom.